The van der Waals surface area contributed by atoms with Crippen molar-refractivity contribution in [1.29, 1.82) is 0 Å². The fourth-order valence-corrected chi connectivity index (χ4v) is 2.67. The summed E-state index contributed by atoms with van der Waals surface area (Å²) in [6.07, 6.45) is 0.638. The molecule has 2 aromatic rings. The minimum Gasteiger partial charge on any atom is -0.497 e. The normalized spacial score (nSPS) is 14.2. The molecule has 1 fully saturated rings. The molecule has 0 heterocycles. The molecule has 0 unspecified atom stereocenters. The maximum atomic E-state index is 13.8. The molecule has 8 heteroatoms. The Labute approximate surface area is 154 Å². The highest BCUT2D eigenvalue weighted by Crippen LogP contribution is 2.48. The summed E-state index contributed by atoms with van der Waals surface area (Å²) in [6, 6.07) is 7.68. The Morgan fingerprint density at radius 3 is 2.15 bits per heavy atom. The van der Waals surface area contributed by atoms with E-state index in [4.69, 9.17) is 9.47 Å². The van der Waals surface area contributed by atoms with E-state index in [2.05, 4.69) is 10.6 Å². The van der Waals surface area contributed by atoms with Crippen LogP contribution < -0.4 is 20.1 Å². The smallest absolute Gasteiger partial charge is 0.240 e. The molecule has 1 saturated carbocycles. The van der Waals surface area contributed by atoms with Gasteiger partial charge in [0.15, 0.2) is 0 Å². The summed E-state index contributed by atoms with van der Waals surface area (Å²) in [5.74, 6) is -1.93. The zero-order valence-electron chi connectivity index (χ0n) is 14.8. The number of benzene rings is 2. The number of nitrogens with one attached hydrogen (secondary N) is 2. The van der Waals surface area contributed by atoms with E-state index in [1.807, 2.05) is 0 Å². The number of amides is 2. The van der Waals surface area contributed by atoms with E-state index in [1.165, 1.54) is 14.2 Å². The van der Waals surface area contributed by atoms with Crippen LogP contribution in [0, 0.1) is 17.0 Å². The van der Waals surface area contributed by atoms with Crippen LogP contribution in [0.4, 0.5) is 20.2 Å². The summed E-state index contributed by atoms with van der Waals surface area (Å²) in [7, 11) is 2.94. The fraction of sp³-hybridized carbons (Fsp3) is 0.263. The first-order valence-electron chi connectivity index (χ1n) is 8.19. The van der Waals surface area contributed by atoms with Gasteiger partial charge in [-0.05, 0) is 37.1 Å². The van der Waals surface area contributed by atoms with Crippen LogP contribution >= 0.6 is 0 Å². The summed E-state index contributed by atoms with van der Waals surface area (Å²) >= 11 is 0. The van der Waals surface area contributed by atoms with Gasteiger partial charge >= 0.3 is 0 Å². The van der Waals surface area contributed by atoms with Crippen molar-refractivity contribution < 1.29 is 27.8 Å². The van der Waals surface area contributed by atoms with E-state index in [1.54, 1.807) is 18.2 Å². The molecule has 0 spiro atoms. The second-order valence-corrected chi connectivity index (χ2v) is 6.18. The molecule has 142 valence electrons. The van der Waals surface area contributed by atoms with Gasteiger partial charge in [-0.2, -0.15) is 0 Å². The van der Waals surface area contributed by atoms with E-state index in [0.29, 0.717) is 36.1 Å². The van der Waals surface area contributed by atoms with Crippen molar-refractivity contribution in [2.24, 2.45) is 5.41 Å². The van der Waals surface area contributed by atoms with Gasteiger partial charge in [-0.15, -0.1) is 0 Å². The van der Waals surface area contributed by atoms with Crippen LogP contribution in [0.15, 0.2) is 36.4 Å². The Kier molecular flexibility index (Phi) is 4.98. The average molecular weight is 376 g/mol. The maximum Gasteiger partial charge on any atom is 0.240 e. The second-order valence-electron chi connectivity index (χ2n) is 6.18. The molecule has 0 bridgehead atoms. The summed E-state index contributed by atoms with van der Waals surface area (Å²) in [4.78, 5) is 25.3. The first-order chi connectivity index (χ1) is 12.9. The molecule has 2 aromatic carbocycles. The Hall–Kier alpha value is -3.16. The van der Waals surface area contributed by atoms with Crippen LogP contribution in [0.2, 0.25) is 0 Å². The van der Waals surface area contributed by atoms with E-state index in [-0.39, 0.29) is 5.69 Å². The lowest BCUT2D eigenvalue weighted by Gasteiger charge is -2.17. The molecule has 0 aliphatic heterocycles. The van der Waals surface area contributed by atoms with Gasteiger partial charge in [-0.1, -0.05) is 0 Å². The zero-order chi connectivity index (χ0) is 19.6. The third kappa shape index (κ3) is 3.69. The molecule has 2 amide bonds. The van der Waals surface area contributed by atoms with Gasteiger partial charge in [0.25, 0.3) is 0 Å². The van der Waals surface area contributed by atoms with Crippen molar-refractivity contribution in [2.75, 3.05) is 24.9 Å². The summed E-state index contributed by atoms with van der Waals surface area (Å²) in [6.45, 7) is 0. The van der Waals surface area contributed by atoms with Crippen LogP contribution in [-0.4, -0.2) is 26.0 Å². The standard InChI is InChI=1S/C19H18F2N2O4/c1-26-12-4-6-16(27-2)15(10-12)23-18(25)19(7-8-19)17(24)22-14-5-3-11(20)9-13(14)21/h3-6,9-10H,7-8H2,1-2H3,(H,22,24)(H,23,25). The Morgan fingerprint density at radius 1 is 0.926 bits per heavy atom. The van der Waals surface area contributed by atoms with Gasteiger partial charge in [0.1, 0.15) is 28.5 Å². The maximum absolute atomic E-state index is 13.8. The molecule has 0 radical (unpaired) electrons. The van der Waals surface area contributed by atoms with Crippen LogP contribution in [0.1, 0.15) is 12.8 Å². The number of ether oxygens (including phenoxy) is 2. The molecule has 0 atom stereocenters. The number of hydrogen-bond acceptors (Lipinski definition) is 4. The number of rotatable bonds is 6. The number of halogens is 2. The molecule has 0 saturated heterocycles. The minimum atomic E-state index is -1.31. The van der Waals surface area contributed by atoms with Crippen LogP contribution in [0.5, 0.6) is 11.5 Å². The SMILES string of the molecule is COc1ccc(OC)c(NC(=O)C2(C(=O)Nc3ccc(F)cc3F)CC2)c1. The quantitative estimate of drug-likeness (QED) is 0.758. The van der Waals surface area contributed by atoms with Crippen molar-refractivity contribution in [2.45, 2.75) is 12.8 Å². The summed E-state index contributed by atoms with van der Waals surface area (Å²) in [5, 5.41) is 5.03. The molecular formula is C19H18F2N2O4. The predicted octanol–water partition coefficient (Wildman–Crippen LogP) is 3.34. The molecule has 6 nitrogen and oxygen atoms in total. The largest absolute Gasteiger partial charge is 0.497 e. The first kappa shape index (κ1) is 18.6. The van der Waals surface area contributed by atoms with Gasteiger partial charge in [-0.3, -0.25) is 9.59 Å². The van der Waals surface area contributed by atoms with Gasteiger partial charge < -0.3 is 20.1 Å². The highest BCUT2D eigenvalue weighted by molar-refractivity contribution is 6.17. The van der Waals surface area contributed by atoms with Gasteiger partial charge in [0.2, 0.25) is 11.8 Å². The van der Waals surface area contributed by atoms with Crippen LogP contribution in [-0.2, 0) is 9.59 Å². The lowest BCUT2D eigenvalue weighted by molar-refractivity contribution is -0.131. The van der Waals surface area contributed by atoms with E-state index >= 15 is 0 Å². The third-order valence-electron chi connectivity index (χ3n) is 4.45. The van der Waals surface area contributed by atoms with Crippen LogP contribution in [0.3, 0.4) is 0 Å². The average Bonchev–Trinajstić information content (AvgIpc) is 3.46. The molecule has 27 heavy (non-hydrogen) atoms. The molecule has 2 N–H and O–H groups in total. The monoisotopic (exact) mass is 376 g/mol. The Balaban J connectivity index is 1.77. The molecule has 3 rings (SSSR count). The highest BCUT2D eigenvalue weighted by atomic mass is 19.1. The Morgan fingerprint density at radius 2 is 1.59 bits per heavy atom. The van der Waals surface area contributed by atoms with Gasteiger partial charge in [0, 0.05) is 12.1 Å². The van der Waals surface area contributed by atoms with Crippen molar-refractivity contribution >= 4 is 23.2 Å². The number of hydrogen-bond donors (Lipinski definition) is 2. The second kappa shape index (κ2) is 7.22. The van der Waals surface area contributed by atoms with Gasteiger partial charge in [-0.25, -0.2) is 8.78 Å². The predicted molar refractivity (Wildman–Crippen MR) is 94.8 cm³/mol. The zero-order valence-corrected chi connectivity index (χ0v) is 14.8. The Bertz CT molecular complexity index is 897. The third-order valence-corrected chi connectivity index (χ3v) is 4.45. The number of anilines is 2. The van der Waals surface area contributed by atoms with Crippen LogP contribution in [0.25, 0.3) is 0 Å². The lowest BCUT2D eigenvalue weighted by Crippen LogP contribution is -2.36. The van der Waals surface area contributed by atoms with Gasteiger partial charge in [0.05, 0.1) is 25.6 Å². The number of methoxy groups -OCH3 is 2. The van der Waals surface area contributed by atoms with Crippen molar-refractivity contribution in [3.8, 4) is 11.5 Å². The first-order valence-corrected chi connectivity index (χ1v) is 8.19. The number of carbonyl (C=O) groups excluding carboxylic acids is 2. The lowest BCUT2D eigenvalue weighted by atomic mass is 10.0. The van der Waals surface area contributed by atoms with Crippen molar-refractivity contribution in [3.05, 3.63) is 48.0 Å². The molecular weight excluding hydrogens is 358 g/mol. The summed E-state index contributed by atoms with van der Waals surface area (Å²) < 4.78 is 37.1. The molecule has 1 aliphatic carbocycles. The fourth-order valence-electron chi connectivity index (χ4n) is 2.67. The van der Waals surface area contributed by atoms with Crippen molar-refractivity contribution in [1.82, 2.24) is 0 Å². The molecule has 0 aromatic heterocycles. The van der Waals surface area contributed by atoms with E-state index in [0.717, 1.165) is 12.1 Å². The van der Waals surface area contributed by atoms with E-state index in [9.17, 15) is 18.4 Å². The van der Waals surface area contributed by atoms with Crippen molar-refractivity contribution in [3.63, 3.8) is 0 Å². The minimum absolute atomic E-state index is 0.181. The topological polar surface area (TPSA) is 76.7 Å². The molecule has 1 aliphatic rings. The number of carbonyl (C=O) groups is 2. The van der Waals surface area contributed by atoms with E-state index < -0.39 is 28.9 Å². The summed E-state index contributed by atoms with van der Waals surface area (Å²) in [5.41, 5.74) is -1.14. The highest BCUT2D eigenvalue weighted by Gasteiger charge is 2.56.